The Hall–Kier alpha value is -2.90. The molecule has 188 valence electrons. The number of benzene rings is 2. The van der Waals surface area contributed by atoms with Crippen LogP contribution in [0.25, 0.3) is 10.9 Å². The van der Waals surface area contributed by atoms with E-state index in [1.807, 2.05) is 0 Å². The van der Waals surface area contributed by atoms with Crippen LogP contribution >= 0.6 is 11.6 Å². The molecule has 1 saturated heterocycles. The molecule has 8 nitrogen and oxygen atoms in total. The van der Waals surface area contributed by atoms with Gasteiger partial charge in [0.05, 0.1) is 39.5 Å². The van der Waals surface area contributed by atoms with Gasteiger partial charge in [0.25, 0.3) is 5.56 Å². The van der Waals surface area contributed by atoms with Crippen molar-refractivity contribution in [2.75, 3.05) is 23.1 Å². The van der Waals surface area contributed by atoms with Gasteiger partial charge in [-0.25, -0.2) is 9.37 Å². The second-order valence-electron chi connectivity index (χ2n) is 8.19. The third-order valence-corrected chi connectivity index (χ3v) is 7.77. The van der Waals surface area contributed by atoms with E-state index >= 15 is 0 Å². The Labute approximate surface area is 202 Å². The number of aromatic nitrogens is 2. The molecule has 0 aliphatic carbocycles. The standard InChI is InChI=1S/C21H20ClF4N5O3S/c1-11-14(5-6-15-17(11)20(32)30(2)10-27-15)28-19-13(23)3-4-16(18(19)22)29-35(33,34)31-8-7-12(9-31)21(24,25)26/h3-6,10,12,28-29H,7-9H2,1-2H3. The zero-order valence-electron chi connectivity index (χ0n) is 18.4. The van der Waals surface area contributed by atoms with Crippen LogP contribution < -0.4 is 15.6 Å². The molecule has 1 unspecified atom stereocenters. The van der Waals surface area contributed by atoms with Crippen LogP contribution in [0.15, 0.2) is 35.4 Å². The Bertz CT molecular complexity index is 1480. The largest absolute Gasteiger partial charge is 0.393 e. The molecule has 14 heteroatoms. The molecule has 2 N–H and O–H groups in total. The number of halogens is 5. The van der Waals surface area contributed by atoms with Crippen molar-refractivity contribution in [3.8, 4) is 0 Å². The average molecular weight is 534 g/mol. The molecule has 0 bridgehead atoms. The number of anilines is 3. The summed E-state index contributed by atoms with van der Waals surface area (Å²) in [6.07, 6.45) is -3.49. The highest BCUT2D eigenvalue weighted by Crippen LogP contribution is 2.38. The molecule has 0 spiro atoms. The number of aryl methyl sites for hydroxylation is 2. The lowest BCUT2D eigenvalue weighted by molar-refractivity contribution is -0.169. The molecular weight excluding hydrogens is 514 g/mol. The van der Waals surface area contributed by atoms with Gasteiger partial charge in [-0.2, -0.15) is 25.9 Å². The van der Waals surface area contributed by atoms with Gasteiger partial charge in [0.15, 0.2) is 0 Å². The van der Waals surface area contributed by atoms with Gasteiger partial charge < -0.3 is 9.88 Å². The second-order valence-corrected chi connectivity index (χ2v) is 10.2. The van der Waals surface area contributed by atoms with Crippen molar-refractivity contribution in [1.82, 2.24) is 13.9 Å². The lowest BCUT2D eigenvalue weighted by Crippen LogP contribution is -2.36. The fourth-order valence-corrected chi connectivity index (χ4v) is 5.49. The zero-order chi connectivity index (χ0) is 25.7. The van der Waals surface area contributed by atoms with E-state index in [0.29, 0.717) is 26.5 Å². The van der Waals surface area contributed by atoms with E-state index in [9.17, 15) is 30.8 Å². The van der Waals surface area contributed by atoms with E-state index in [4.69, 9.17) is 11.6 Å². The summed E-state index contributed by atoms with van der Waals surface area (Å²) in [5, 5.41) is 2.76. The first-order valence-electron chi connectivity index (χ1n) is 10.3. The third-order valence-electron chi connectivity index (χ3n) is 5.89. The van der Waals surface area contributed by atoms with Gasteiger partial charge in [0, 0.05) is 25.8 Å². The predicted octanol–water partition coefficient (Wildman–Crippen LogP) is 4.32. The van der Waals surface area contributed by atoms with Crippen LogP contribution in [0.5, 0.6) is 0 Å². The zero-order valence-corrected chi connectivity index (χ0v) is 20.0. The van der Waals surface area contributed by atoms with Crippen molar-refractivity contribution in [2.24, 2.45) is 13.0 Å². The lowest BCUT2D eigenvalue weighted by Gasteiger charge is -2.20. The highest BCUT2D eigenvalue weighted by molar-refractivity contribution is 7.90. The lowest BCUT2D eigenvalue weighted by atomic mass is 10.1. The molecule has 1 aliphatic heterocycles. The van der Waals surface area contributed by atoms with Crippen molar-refractivity contribution < 1.29 is 26.0 Å². The van der Waals surface area contributed by atoms with E-state index in [1.165, 1.54) is 17.9 Å². The fourth-order valence-electron chi connectivity index (χ4n) is 3.89. The van der Waals surface area contributed by atoms with E-state index in [-0.39, 0.29) is 34.9 Å². The molecule has 0 radical (unpaired) electrons. The fraction of sp³-hybridized carbons (Fsp3) is 0.333. The van der Waals surface area contributed by atoms with E-state index < -0.39 is 34.7 Å². The third kappa shape index (κ3) is 4.80. The Balaban J connectivity index is 1.65. The first-order valence-corrected chi connectivity index (χ1v) is 12.2. The first-order chi connectivity index (χ1) is 16.3. The summed E-state index contributed by atoms with van der Waals surface area (Å²) in [6.45, 7) is 0.599. The number of nitrogens with zero attached hydrogens (tertiary/aromatic N) is 3. The molecule has 4 rings (SSSR count). The Kier molecular flexibility index (Phi) is 6.45. The summed E-state index contributed by atoms with van der Waals surface area (Å²) in [5.41, 5.74) is 0.426. The minimum atomic E-state index is -4.51. The molecule has 2 aromatic carbocycles. The summed E-state index contributed by atoms with van der Waals surface area (Å²) in [6, 6.07) is 5.17. The molecule has 1 aromatic heterocycles. The molecule has 1 atom stereocenters. The summed E-state index contributed by atoms with van der Waals surface area (Å²) >= 11 is 6.30. The molecule has 2 heterocycles. The van der Waals surface area contributed by atoms with Crippen molar-refractivity contribution in [3.63, 3.8) is 0 Å². The number of nitrogens with one attached hydrogen (secondary N) is 2. The van der Waals surface area contributed by atoms with E-state index in [2.05, 4.69) is 15.0 Å². The Morgan fingerprint density at radius 3 is 2.51 bits per heavy atom. The first kappa shape index (κ1) is 25.2. The maximum Gasteiger partial charge on any atom is 0.393 e. The van der Waals surface area contributed by atoms with Gasteiger partial charge in [-0.3, -0.25) is 9.52 Å². The highest BCUT2D eigenvalue weighted by Gasteiger charge is 2.46. The number of hydrogen-bond acceptors (Lipinski definition) is 5. The highest BCUT2D eigenvalue weighted by atomic mass is 35.5. The van der Waals surface area contributed by atoms with E-state index in [0.717, 1.165) is 12.1 Å². The van der Waals surface area contributed by atoms with Gasteiger partial charge in [-0.15, -0.1) is 0 Å². The van der Waals surface area contributed by atoms with Crippen molar-refractivity contribution in [2.45, 2.75) is 19.5 Å². The van der Waals surface area contributed by atoms with Gasteiger partial charge in [0.2, 0.25) is 0 Å². The number of fused-ring (bicyclic) bond motifs is 1. The van der Waals surface area contributed by atoms with Gasteiger partial charge in [-0.05, 0) is 43.2 Å². The molecule has 1 aliphatic rings. The monoisotopic (exact) mass is 533 g/mol. The van der Waals surface area contributed by atoms with Crippen LogP contribution in [0.3, 0.4) is 0 Å². The SMILES string of the molecule is Cc1c(Nc2c(F)ccc(NS(=O)(=O)N3CCC(C(F)(F)F)C3)c2Cl)ccc2ncn(C)c(=O)c12. The summed E-state index contributed by atoms with van der Waals surface area (Å²) in [4.78, 5) is 16.7. The average Bonchev–Trinajstić information content (AvgIpc) is 3.29. The van der Waals surface area contributed by atoms with Crippen LogP contribution in [0.1, 0.15) is 12.0 Å². The number of hydrogen-bond donors (Lipinski definition) is 2. The maximum absolute atomic E-state index is 14.7. The van der Waals surface area contributed by atoms with Crippen LogP contribution in [0, 0.1) is 18.7 Å². The maximum atomic E-state index is 14.7. The molecule has 0 amide bonds. The summed E-state index contributed by atoms with van der Waals surface area (Å²) in [5.74, 6) is -2.58. The minimum Gasteiger partial charge on any atom is -0.352 e. The smallest absolute Gasteiger partial charge is 0.352 e. The van der Waals surface area contributed by atoms with Gasteiger partial charge >= 0.3 is 16.4 Å². The van der Waals surface area contributed by atoms with Crippen molar-refractivity contribution in [3.05, 3.63) is 57.3 Å². The van der Waals surface area contributed by atoms with Gasteiger partial charge in [-0.1, -0.05) is 11.6 Å². The number of rotatable bonds is 5. The van der Waals surface area contributed by atoms with Crippen LogP contribution in [-0.4, -0.2) is 41.5 Å². The van der Waals surface area contributed by atoms with E-state index in [1.54, 1.807) is 19.1 Å². The van der Waals surface area contributed by atoms with Crippen molar-refractivity contribution in [1.29, 1.82) is 0 Å². The summed E-state index contributed by atoms with van der Waals surface area (Å²) in [7, 11) is -2.84. The van der Waals surface area contributed by atoms with Crippen LogP contribution in [-0.2, 0) is 17.3 Å². The Morgan fingerprint density at radius 1 is 1.17 bits per heavy atom. The quantitative estimate of drug-likeness (QED) is 0.476. The summed E-state index contributed by atoms with van der Waals surface area (Å²) < 4.78 is 83.0. The predicted molar refractivity (Wildman–Crippen MR) is 125 cm³/mol. The number of alkyl halides is 3. The molecule has 3 aromatic rings. The van der Waals surface area contributed by atoms with Gasteiger partial charge in [0.1, 0.15) is 5.82 Å². The second kappa shape index (κ2) is 8.95. The molecule has 1 fully saturated rings. The van der Waals surface area contributed by atoms with Crippen LogP contribution in [0.4, 0.5) is 34.6 Å². The Morgan fingerprint density at radius 2 is 1.86 bits per heavy atom. The van der Waals surface area contributed by atoms with Crippen LogP contribution in [0.2, 0.25) is 5.02 Å². The molecule has 35 heavy (non-hydrogen) atoms. The normalized spacial score (nSPS) is 17.2. The minimum absolute atomic E-state index is 0.220. The molecule has 0 saturated carbocycles. The topological polar surface area (TPSA) is 96.3 Å². The molecular formula is C21H20ClF4N5O3S. The van der Waals surface area contributed by atoms with Crippen molar-refractivity contribution >= 4 is 49.8 Å².